The smallest absolute Gasteiger partial charge is 0.294 e. The van der Waals surface area contributed by atoms with E-state index in [0.717, 1.165) is 44.9 Å². The van der Waals surface area contributed by atoms with Crippen LogP contribution in [0.15, 0.2) is 76.3 Å². The maximum atomic E-state index is 5.56. The van der Waals surface area contributed by atoms with Crippen molar-refractivity contribution in [1.29, 1.82) is 0 Å². The van der Waals surface area contributed by atoms with Gasteiger partial charge >= 0.3 is 0 Å². The van der Waals surface area contributed by atoms with Gasteiger partial charge in [0.15, 0.2) is 6.17 Å². The average Bonchev–Trinajstić information content (AvgIpc) is 3.61. The fourth-order valence-corrected chi connectivity index (χ4v) is 5.01. The number of ether oxygens (including phenoxy) is 1. The van der Waals surface area contributed by atoms with E-state index in [-0.39, 0.29) is 12.2 Å². The van der Waals surface area contributed by atoms with Gasteiger partial charge in [-0.05, 0) is 56.3 Å². The van der Waals surface area contributed by atoms with Crippen molar-refractivity contribution < 1.29 is 4.74 Å². The van der Waals surface area contributed by atoms with Crippen LogP contribution in [0.2, 0.25) is 0 Å². The molecule has 1 aromatic carbocycles. The van der Waals surface area contributed by atoms with Gasteiger partial charge in [-0.1, -0.05) is 6.08 Å². The molecule has 0 radical (unpaired) electrons. The van der Waals surface area contributed by atoms with Gasteiger partial charge in [0.2, 0.25) is 0 Å². The Morgan fingerprint density at radius 2 is 1.80 bits per heavy atom. The lowest BCUT2D eigenvalue weighted by Gasteiger charge is -2.26. The number of imidazole rings is 1. The van der Waals surface area contributed by atoms with Gasteiger partial charge in [0.25, 0.3) is 6.02 Å². The number of dihydropyridines is 1. The summed E-state index contributed by atoms with van der Waals surface area (Å²) >= 11 is 1.59. The fraction of sp³-hybridized carbons (Fsp3) is 0.192. The quantitative estimate of drug-likeness (QED) is 0.417. The van der Waals surface area contributed by atoms with E-state index in [1.54, 1.807) is 18.4 Å². The summed E-state index contributed by atoms with van der Waals surface area (Å²) in [7, 11) is 1.64. The third kappa shape index (κ3) is 3.83. The summed E-state index contributed by atoms with van der Waals surface area (Å²) < 4.78 is 7.63. The Bertz CT molecular complexity index is 1460. The van der Waals surface area contributed by atoms with E-state index in [2.05, 4.69) is 54.9 Å². The summed E-state index contributed by atoms with van der Waals surface area (Å²) in [5.74, 6) is 0.823. The van der Waals surface area contributed by atoms with E-state index >= 15 is 0 Å². The van der Waals surface area contributed by atoms with Gasteiger partial charge in [0.1, 0.15) is 22.6 Å². The SMILES string of the molecule is COC1=NC2C=CC=NC2N1c1ccc(-c2nc(-c3nc(C)cs3)cn2-c2ccc(C)nc2)cc1. The lowest BCUT2D eigenvalue weighted by molar-refractivity contribution is 0.393. The van der Waals surface area contributed by atoms with E-state index < -0.39 is 0 Å². The van der Waals surface area contributed by atoms with Crippen molar-refractivity contribution in [3.63, 3.8) is 0 Å². The van der Waals surface area contributed by atoms with E-state index in [1.165, 1.54) is 0 Å². The molecule has 0 aliphatic carbocycles. The first-order valence-electron chi connectivity index (χ1n) is 11.3. The summed E-state index contributed by atoms with van der Waals surface area (Å²) in [6.07, 6.45) is 9.53. The number of methoxy groups -OCH3 is 1. The Morgan fingerprint density at radius 1 is 0.971 bits per heavy atom. The minimum atomic E-state index is -0.138. The normalized spacial score (nSPS) is 18.6. The summed E-state index contributed by atoms with van der Waals surface area (Å²) in [4.78, 5) is 25.4. The molecule has 0 fully saturated rings. The molecular formula is C26H23N7OS. The number of amidine groups is 1. The van der Waals surface area contributed by atoms with Gasteiger partial charge in [-0.15, -0.1) is 11.3 Å². The van der Waals surface area contributed by atoms with Crippen LogP contribution in [0.5, 0.6) is 0 Å². The number of aromatic nitrogens is 4. The van der Waals surface area contributed by atoms with E-state index in [4.69, 9.17) is 9.72 Å². The maximum Gasteiger partial charge on any atom is 0.294 e. The lowest BCUT2D eigenvalue weighted by atomic mass is 10.1. The number of anilines is 1. The van der Waals surface area contributed by atoms with Gasteiger partial charge in [-0.3, -0.25) is 19.4 Å². The lowest BCUT2D eigenvalue weighted by Crippen LogP contribution is -2.39. The number of nitrogens with zero attached hydrogens (tertiary/aromatic N) is 7. The molecule has 2 aliphatic heterocycles. The van der Waals surface area contributed by atoms with E-state index in [1.807, 2.05) is 61.0 Å². The summed E-state index contributed by atoms with van der Waals surface area (Å²) in [6, 6.07) is 12.8. The zero-order chi connectivity index (χ0) is 23.9. The monoisotopic (exact) mass is 481 g/mol. The Hall–Kier alpha value is -4.11. The highest BCUT2D eigenvalue weighted by atomic mass is 32.1. The number of fused-ring (bicyclic) bond motifs is 1. The van der Waals surface area contributed by atoms with Crippen LogP contribution in [0, 0.1) is 13.8 Å². The zero-order valence-electron chi connectivity index (χ0n) is 19.5. The molecule has 2 aliphatic rings. The topological polar surface area (TPSA) is 80.8 Å². The van der Waals surface area contributed by atoms with Crippen LogP contribution in [-0.4, -0.2) is 51.1 Å². The van der Waals surface area contributed by atoms with Gasteiger partial charge in [0.05, 0.1) is 19.0 Å². The van der Waals surface area contributed by atoms with Crippen molar-refractivity contribution >= 4 is 29.3 Å². The molecule has 9 heteroatoms. The predicted molar refractivity (Wildman–Crippen MR) is 140 cm³/mol. The van der Waals surface area contributed by atoms with Crippen LogP contribution in [0.1, 0.15) is 11.4 Å². The third-order valence-corrected chi connectivity index (χ3v) is 6.96. The molecular weight excluding hydrogens is 458 g/mol. The summed E-state index contributed by atoms with van der Waals surface area (Å²) in [5.41, 5.74) is 5.67. The molecule has 3 aromatic heterocycles. The molecule has 2 atom stereocenters. The van der Waals surface area contributed by atoms with Crippen LogP contribution in [0.25, 0.3) is 27.8 Å². The summed E-state index contributed by atoms with van der Waals surface area (Å²) in [6.45, 7) is 3.97. The van der Waals surface area contributed by atoms with Gasteiger partial charge < -0.3 is 4.74 Å². The number of aryl methyl sites for hydroxylation is 2. The third-order valence-electron chi connectivity index (χ3n) is 5.97. The molecule has 0 amide bonds. The maximum absolute atomic E-state index is 5.56. The molecule has 0 saturated carbocycles. The summed E-state index contributed by atoms with van der Waals surface area (Å²) in [5, 5.41) is 2.93. The standard InChI is InChI=1S/C26H23N7OS/c1-16-6-9-20(13-28-16)32-14-22(25-29-17(2)15-35-25)30-23(32)18-7-10-19(11-8-18)33-24-21(5-4-12-27-24)31-26(33)34-3/h4-15,21,24H,1-3H3. The van der Waals surface area contributed by atoms with Gasteiger partial charge in [0, 0.05) is 40.4 Å². The first kappa shape index (κ1) is 21.4. The van der Waals surface area contributed by atoms with Crippen molar-refractivity contribution in [1.82, 2.24) is 19.5 Å². The second kappa shape index (κ2) is 8.59. The molecule has 8 nitrogen and oxygen atoms in total. The molecule has 174 valence electrons. The largest absolute Gasteiger partial charge is 0.468 e. The first-order valence-corrected chi connectivity index (χ1v) is 12.1. The van der Waals surface area contributed by atoms with Crippen molar-refractivity contribution in [3.05, 3.63) is 77.7 Å². The molecule has 6 rings (SSSR count). The minimum absolute atomic E-state index is 0.0492. The fourth-order valence-electron chi connectivity index (χ4n) is 4.26. The molecule has 5 heterocycles. The highest BCUT2D eigenvalue weighted by Crippen LogP contribution is 2.33. The molecule has 0 N–H and O–H groups in total. The predicted octanol–water partition coefficient (Wildman–Crippen LogP) is 4.83. The number of hydrogen-bond acceptors (Lipinski definition) is 8. The Morgan fingerprint density at radius 3 is 2.51 bits per heavy atom. The molecule has 0 bridgehead atoms. The molecule has 2 unspecified atom stereocenters. The second-order valence-electron chi connectivity index (χ2n) is 8.39. The molecule has 0 spiro atoms. The van der Waals surface area contributed by atoms with Crippen LogP contribution < -0.4 is 4.90 Å². The van der Waals surface area contributed by atoms with E-state index in [9.17, 15) is 0 Å². The second-order valence-corrected chi connectivity index (χ2v) is 9.25. The minimum Gasteiger partial charge on any atom is -0.468 e. The van der Waals surface area contributed by atoms with Crippen molar-refractivity contribution in [2.45, 2.75) is 26.1 Å². The van der Waals surface area contributed by atoms with E-state index in [0.29, 0.717) is 6.02 Å². The van der Waals surface area contributed by atoms with Gasteiger partial charge in [-0.25, -0.2) is 15.0 Å². The Labute approximate surface area is 207 Å². The number of thiazole rings is 1. The van der Waals surface area contributed by atoms with Crippen LogP contribution in [0.4, 0.5) is 5.69 Å². The number of pyridine rings is 1. The number of allylic oxidation sites excluding steroid dienone is 1. The number of rotatable bonds is 4. The Balaban J connectivity index is 1.40. The molecule has 0 saturated heterocycles. The number of aliphatic imine (C=N–C) groups is 2. The van der Waals surface area contributed by atoms with Crippen molar-refractivity contribution in [2.24, 2.45) is 9.98 Å². The van der Waals surface area contributed by atoms with Crippen LogP contribution >= 0.6 is 11.3 Å². The average molecular weight is 482 g/mol. The zero-order valence-corrected chi connectivity index (χ0v) is 20.3. The number of hydrogen-bond donors (Lipinski definition) is 0. The highest BCUT2D eigenvalue weighted by Gasteiger charge is 2.37. The number of benzene rings is 1. The van der Waals surface area contributed by atoms with Crippen LogP contribution in [-0.2, 0) is 4.74 Å². The first-order chi connectivity index (χ1) is 17.1. The van der Waals surface area contributed by atoms with Crippen molar-refractivity contribution in [3.8, 4) is 27.8 Å². The molecule has 4 aromatic rings. The van der Waals surface area contributed by atoms with Crippen molar-refractivity contribution in [2.75, 3.05) is 12.0 Å². The molecule has 35 heavy (non-hydrogen) atoms. The Kier molecular flexibility index (Phi) is 5.26. The van der Waals surface area contributed by atoms with Gasteiger partial charge in [-0.2, -0.15) is 0 Å². The highest BCUT2D eigenvalue weighted by molar-refractivity contribution is 7.13. The van der Waals surface area contributed by atoms with Crippen LogP contribution in [0.3, 0.4) is 0 Å².